The number of hydrogen-bond donors (Lipinski definition) is 2. The van der Waals surface area contributed by atoms with E-state index in [0.717, 1.165) is 25.2 Å². The van der Waals surface area contributed by atoms with E-state index in [-0.39, 0.29) is 5.91 Å². The van der Waals surface area contributed by atoms with E-state index in [1.165, 1.54) is 32.4 Å². The summed E-state index contributed by atoms with van der Waals surface area (Å²) in [6, 6.07) is 3.47. The van der Waals surface area contributed by atoms with Crippen LogP contribution >= 0.6 is 0 Å². The Morgan fingerprint density at radius 3 is 2.90 bits per heavy atom. The van der Waals surface area contributed by atoms with E-state index in [1.54, 1.807) is 18.3 Å². The van der Waals surface area contributed by atoms with E-state index in [4.69, 9.17) is 5.73 Å². The number of pyridine rings is 1. The molecule has 5 heteroatoms. The molecule has 1 aliphatic rings. The molecule has 0 unspecified atom stereocenters. The van der Waals surface area contributed by atoms with Gasteiger partial charge in [-0.05, 0) is 51.0 Å². The fourth-order valence-electron chi connectivity index (χ4n) is 2.52. The molecule has 2 heterocycles. The molecule has 1 aliphatic heterocycles. The normalized spacial score (nSPS) is 16.1. The molecule has 1 aromatic rings. The van der Waals surface area contributed by atoms with Crippen LogP contribution < -0.4 is 11.1 Å². The lowest BCUT2D eigenvalue weighted by Crippen LogP contribution is -2.33. The van der Waals surface area contributed by atoms with Crippen LogP contribution in [-0.2, 0) is 6.54 Å². The van der Waals surface area contributed by atoms with Crippen molar-refractivity contribution in [3.8, 4) is 0 Å². The maximum Gasteiger partial charge on any atom is 0.251 e. The summed E-state index contributed by atoms with van der Waals surface area (Å²) in [7, 11) is 0. The predicted octanol–water partition coefficient (Wildman–Crippen LogP) is 1.15. The van der Waals surface area contributed by atoms with Gasteiger partial charge in [0, 0.05) is 24.8 Å². The summed E-state index contributed by atoms with van der Waals surface area (Å²) in [4.78, 5) is 18.5. The second-order valence-electron chi connectivity index (χ2n) is 5.25. The number of likely N-dealkylation sites (tertiary alicyclic amines) is 1. The monoisotopic (exact) mass is 276 g/mol. The van der Waals surface area contributed by atoms with Crippen LogP contribution in [0.15, 0.2) is 18.3 Å². The highest BCUT2D eigenvalue weighted by Crippen LogP contribution is 2.08. The third kappa shape index (κ3) is 4.58. The molecule has 5 nitrogen and oxygen atoms in total. The first-order chi connectivity index (χ1) is 9.79. The van der Waals surface area contributed by atoms with Crippen molar-refractivity contribution in [2.24, 2.45) is 5.73 Å². The van der Waals surface area contributed by atoms with Crippen molar-refractivity contribution in [2.45, 2.75) is 32.2 Å². The van der Waals surface area contributed by atoms with E-state index in [9.17, 15) is 4.79 Å². The van der Waals surface area contributed by atoms with Crippen molar-refractivity contribution < 1.29 is 4.79 Å². The summed E-state index contributed by atoms with van der Waals surface area (Å²) in [5.74, 6) is -0.0410. The van der Waals surface area contributed by atoms with Gasteiger partial charge in [0.2, 0.25) is 0 Å². The van der Waals surface area contributed by atoms with Crippen LogP contribution in [0, 0.1) is 0 Å². The Hall–Kier alpha value is -1.46. The lowest BCUT2D eigenvalue weighted by molar-refractivity contribution is 0.0951. The number of hydrogen-bond acceptors (Lipinski definition) is 4. The molecular formula is C15H24N4O. The van der Waals surface area contributed by atoms with Crippen molar-refractivity contribution >= 4 is 5.91 Å². The Kier molecular flexibility index (Phi) is 5.95. The van der Waals surface area contributed by atoms with Crippen molar-refractivity contribution in [1.82, 2.24) is 15.2 Å². The molecule has 0 aromatic carbocycles. The van der Waals surface area contributed by atoms with Crippen molar-refractivity contribution in [2.75, 3.05) is 26.2 Å². The van der Waals surface area contributed by atoms with Crippen LogP contribution in [0.25, 0.3) is 0 Å². The van der Waals surface area contributed by atoms with E-state index >= 15 is 0 Å². The van der Waals surface area contributed by atoms with Crippen molar-refractivity contribution in [3.05, 3.63) is 29.6 Å². The standard InChI is InChI=1S/C15H24N4O/c16-12-14-11-13(5-7-17-14)15(20)18-6-4-10-19-8-2-1-3-9-19/h5,7,11H,1-4,6,8-10,12,16H2,(H,18,20). The summed E-state index contributed by atoms with van der Waals surface area (Å²) < 4.78 is 0. The van der Waals surface area contributed by atoms with Crippen LogP contribution in [0.2, 0.25) is 0 Å². The van der Waals surface area contributed by atoms with Gasteiger partial charge < -0.3 is 16.0 Å². The average Bonchev–Trinajstić information content (AvgIpc) is 2.52. The lowest BCUT2D eigenvalue weighted by atomic mass is 10.1. The third-order valence-electron chi connectivity index (χ3n) is 3.67. The van der Waals surface area contributed by atoms with Crippen LogP contribution in [0.4, 0.5) is 0 Å². The molecule has 1 aromatic heterocycles. The average molecular weight is 276 g/mol. The molecule has 20 heavy (non-hydrogen) atoms. The Labute approximate surface area is 120 Å². The summed E-state index contributed by atoms with van der Waals surface area (Å²) in [5.41, 5.74) is 6.90. The smallest absolute Gasteiger partial charge is 0.251 e. The van der Waals surface area contributed by atoms with Crippen molar-refractivity contribution in [1.29, 1.82) is 0 Å². The summed E-state index contributed by atoms with van der Waals surface area (Å²) in [5, 5.41) is 2.96. The quantitative estimate of drug-likeness (QED) is 0.765. The SMILES string of the molecule is NCc1cc(C(=O)NCCCN2CCCCC2)ccn1. The number of amides is 1. The first kappa shape index (κ1) is 14.9. The molecule has 0 saturated carbocycles. The summed E-state index contributed by atoms with van der Waals surface area (Å²) >= 11 is 0. The molecule has 1 saturated heterocycles. The fraction of sp³-hybridized carbons (Fsp3) is 0.600. The topological polar surface area (TPSA) is 71.2 Å². The highest BCUT2D eigenvalue weighted by atomic mass is 16.1. The van der Waals surface area contributed by atoms with Crippen molar-refractivity contribution in [3.63, 3.8) is 0 Å². The second-order valence-corrected chi connectivity index (χ2v) is 5.25. The maximum atomic E-state index is 12.0. The molecule has 0 bridgehead atoms. The van der Waals surface area contributed by atoms with Gasteiger partial charge in [0.1, 0.15) is 0 Å². The molecular weight excluding hydrogens is 252 g/mol. The maximum absolute atomic E-state index is 12.0. The Morgan fingerprint density at radius 2 is 2.15 bits per heavy atom. The van der Waals surface area contributed by atoms with E-state index in [0.29, 0.717) is 12.1 Å². The number of nitrogens with one attached hydrogen (secondary N) is 1. The van der Waals surface area contributed by atoms with Crippen LogP contribution in [0.5, 0.6) is 0 Å². The molecule has 110 valence electrons. The minimum atomic E-state index is -0.0410. The number of carbonyl (C=O) groups is 1. The van der Waals surface area contributed by atoms with Crippen LogP contribution in [0.3, 0.4) is 0 Å². The number of rotatable bonds is 6. The molecule has 1 amide bonds. The number of nitrogens with two attached hydrogens (primary N) is 1. The molecule has 2 rings (SSSR count). The first-order valence-electron chi connectivity index (χ1n) is 7.45. The number of carbonyl (C=O) groups excluding carboxylic acids is 1. The largest absolute Gasteiger partial charge is 0.352 e. The zero-order valence-corrected chi connectivity index (χ0v) is 12.0. The molecule has 0 aliphatic carbocycles. The van der Waals surface area contributed by atoms with E-state index in [2.05, 4.69) is 15.2 Å². The van der Waals surface area contributed by atoms with Gasteiger partial charge in [-0.2, -0.15) is 0 Å². The Bertz CT molecular complexity index is 430. The molecule has 0 spiro atoms. The number of piperidine rings is 1. The van der Waals surface area contributed by atoms with Crippen LogP contribution in [0.1, 0.15) is 41.7 Å². The molecule has 0 atom stereocenters. The third-order valence-corrected chi connectivity index (χ3v) is 3.67. The number of aromatic nitrogens is 1. The van der Waals surface area contributed by atoms with Gasteiger partial charge in [-0.1, -0.05) is 6.42 Å². The number of nitrogens with zero attached hydrogens (tertiary/aromatic N) is 2. The molecule has 0 radical (unpaired) electrons. The minimum Gasteiger partial charge on any atom is -0.352 e. The van der Waals surface area contributed by atoms with Gasteiger partial charge in [0.05, 0.1) is 5.69 Å². The zero-order chi connectivity index (χ0) is 14.2. The van der Waals surface area contributed by atoms with E-state index in [1.807, 2.05) is 0 Å². The van der Waals surface area contributed by atoms with E-state index < -0.39 is 0 Å². The van der Waals surface area contributed by atoms with Gasteiger partial charge >= 0.3 is 0 Å². The first-order valence-corrected chi connectivity index (χ1v) is 7.45. The minimum absolute atomic E-state index is 0.0410. The summed E-state index contributed by atoms with van der Waals surface area (Å²) in [6.45, 7) is 4.56. The fourth-order valence-corrected chi connectivity index (χ4v) is 2.52. The predicted molar refractivity (Wildman–Crippen MR) is 79.4 cm³/mol. The molecule has 3 N–H and O–H groups in total. The second kappa shape index (κ2) is 7.97. The zero-order valence-electron chi connectivity index (χ0n) is 12.0. The van der Waals surface area contributed by atoms with Gasteiger partial charge in [-0.25, -0.2) is 0 Å². The molecule has 1 fully saturated rings. The van der Waals surface area contributed by atoms with Gasteiger partial charge in [-0.3, -0.25) is 9.78 Å². The Balaban J connectivity index is 1.69. The van der Waals surface area contributed by atoms with Gasteiger partial charge in [0.15, 0.2) is 0 Å². The highest BCUT2D eigenvalue weighted by molar-refractivity contribution is 5.94. The van der Waals surface area contributed by atoms with Gasteiger partial charge in [0.25, 0.3) is 5.91 Å². The summed E-state index contributed by atoms with van der Waals surface area (Å²) in [6.07, 6.45) is 6.61. The lowest BCUT2D eigenvalue weighted by Gasteiger charge is -2.26. The van der Waals surface area contributed by atoms with Gasteiger partial charge in [-0.15, -0.1) is 0 Å². The Morgan fingerprint density at radius 1 is 1.35 bits per heavy atom. The van der Waals surface area contributed by atoms with Crippen LogP contribution in [-0.4, -0.2) is 42.0 Å². The highest BCUT2D eigenvalue weighted by Gasteiger charge is 2.10.